The third-order valence-electron chi connectivity index (χ3n) is 4.05. The third-order valence-corrected chi connectivity index (χ3v) is 4.05. The predicted octanol–water partition coefficient (Wildman–Crippen LogP) is 4.68. The molecule has 3 nitrogen and oxygen atoms in total. The second-order valence-corrected chi connectivity index (χ2v) is 6.08. The Kier molecular flexibility index (Phi) is 7.15. The summed E-state index contributed by atoms with van der Waals surface area (Å²) in [7, 11) is 0. The molecule has 0 aromatic heterocycles. The van der Waals surface area contributed by atoms with E-state index in [9.17, 15) is 9.59 Å². The fourth-order valence-electron chi connectivity index (χ4n) is 2.68. The minimum atomic E-state index is 0.200. The van der Waals surface area contributed by atoms with E-state index in [2.05, 4.69) is 24.8 Å². The Labute approximate surface area is 149 Å². The quantitative estimate of drug-likeness (QED) is 0.467. The van der Waals surface area contributed by atoms with E-state index in [-0.39, 0.29) is 5.78 Å². The number of rotatable bonds is 10. The van der Waals surface area contributed by atoms with Crippen molar-refractivity contribution in [1.29, 1.82) is 0 Å². The van der Waals surface area contributed by atoms with Crippen LogP contribution in [0.25, 0.3) is 6.08 Å². The Bertz CT molecular complexity index is 747. The van der Waals surface area contributed by atoms with Gasteiger partial charge < -0.3 is 9.53 Å². The van der Waals surface area contributed by atoms with E-state index in [0.29, 0.717) is 24.3 Å². The molecular weight excluding hydrogens is 312 g/mol. The van der Waals surface area contributed by atoms with Gasteiger partial charge >= 0.3 is 0 Å². The molecule has 0 radical (unpaired) electrons. The molecule has 25 heavy (non-hydrogen) atoms. The highest BCUT2D eigenvalue weighted by Crippen LogP contribution is 2.17. The predicted molar refractivity (Wildman–Crippen MR) is 101 cm³/mol. The Balaban J connectivity index is 1.89. The van der Waals surface area contributed by atoms with Crippen LogP contribution in [0.3, 0.4) is 0 Å². The lowest BCUT2D eigenvalue weighted by Crippen LogP contribution is -2.01. The van der Waals surface area contributed by atoms with E-state index in [4.69, 9.17) is 4.74 Å². The van der Waals surface area contributed by atoms with Crippen molar-refractivity contribution in [1.82, 2.24) is 0 Å². The number of ether oxygens (including phenoxy) is 1. The molecule has 2 aromatic rings. The molecule has 130 valence electrons. The molecule has 3 heteroatoms. The third kappa shape index (κ3) is 6.03. The second kappa shape index (κ2) is 9.58. The van der Waals surface area contributed by atoms with Gasteiger partial charge in [-0.3, -0.25) is 4.79 Å². The maximum absolute atomic E-state index is 11.2. The highest BCUT2D eigenvalue weighted by Gasteiger charge is 2.04. The van der Waals surface area contributed by atoms with Crippen LogP contribution in [-0.2, 0) is 17.6 Å². The molecule has 0 heterocycles. The van der Waals surface area contributed by atoms with Crippen LogP contribution in [0.2, 0.25) is 0 Å². The summed E-state index contributed by atoms with van der Waals surface area (Å²) in [4.78, 5) is 22.0. The van der Waals surface area contributed by atoms with Gasteiger partial charge in [0.1, 0.15) is 17.8 Å². The van der Waals surface area contributed by atoms with E-state index >= 15 is 0 Å². The lowest BCUT2D eigenvalue weighted by atomic mass is 9.97. The van der Waals surface area contributed by atoms with Crippen LogP contribution in [0.1, 0.15) is 46.8 Å². The highest BCUT2D eigenvalue weighted by molar-refractivity contribution is 5.76. The van der Waals surface area contributed by atoms with Crippen LogP contribution in [0.15, 0.2) is 49.0 Å². The van der Waals surface area contributed by atoms with Crippen LogP contribution in [0.5, 0.6) is 5.75 Å². The van der Waals surface area contributed by atoms with Crippen LogP contribution in [-0.4, -0.2) is 18.7 Å². The van der Waals surface area contributed by atoms with E-state index in [0.717, 1.165) is 31.1 Å². The topological polar surface area (TPSA) is 43.4 Å². The molecular formula is C22H24O3. The van der Waals surface area contributed by atoms with Gasteiger partial charge in [0.2, 0.25) is 0 Å². The molecule has 0 aliphatic heterocycles. The number of Topliss-reactive ketones (excluding diaryl/α,β-unsaturated/α-hetero) is 1. The summed E-state index contributed by atoms with van der Waals surface area (Å²) in [5, 5.41) is 0. The average molecular weight is 336 g/mol. The van der Waals surface area contributed by atoms with Gasteiger partial charge in [0.25, 0.3) is 0 Å². The molecule has 0 bridgehead atoms. The maximum Gasteiger partial charge on any atom is 0.150 e. The number of aryl methyl sites for hydroxylation is 2. The molecule has 0 amide bonds. The van der Waals surface area contributed by atoms with Crippen molar-refractivity contribution < 1.29 is 14.3 Å². The number of aldehydes is 1. The van der Waals surface area contributed by atoms with Crippen molar-refractivity contribution >= 4 is 18.1 Å². The molecule has 0 fully saturated rings. The zero-order valence-electron chi connectivity index (χ0n) is 14.7. The molecule has 2 rings (SSSR count). The van der Waals surface area contributed by atoms with Crippen molar-refractivity contribution in [3.63, 3.8) is 0 Å². The van der Waals surface area contributed by atoms with E-state index in [1.165, 1.54) is 11.1 Å². The van der Waals surface area contributed by atoms with Crippen molar-refractivity contribution in [2.24, 2.45) is 0 Å². The zero-order valence-corrected chi connectivity index (χ0v) is 14.7. The van der Waals surface area contributed by atoms with Gasteiger partial charge in [-0.2, -0.15) is 0 Å². The summed E-state index contributed by atoms with van der Waals surface area (Å²) >= 11 is 0. The first-order chi connectivity index (χ1) is 12.1. The van der Waals surface area contributed by atoms with Crippen molar-refractivity contribution in [3.8, 4) is 5.75 Å². The molecule has 2 aromatic carbocycles. The number of benzene rings is 2. The minimum absolute atomic E-state index is 0.200. The van der Waals surface area contributed by atoms with E-state index in [1.807, 2.05) is 18.2 Å². The van der Waals surface area contributed by atoms with Gasteiger partial charge in [0.05, 0.1) is 6.61 Å². The standard InChI is InChI=1S/C22H24O3/c1-3-20-12-10-18(14-21(20)11-9-17(2)24)7-5-13-25-22-8-4-6-19(15-22)16-23/h3-4,6,8,10,12,14-16H,1,5,7,9,11,13H2,2H3. The monoisotopic (exact) mass is 336 g/mol. The Morgan fingerprint density at radius 2 is 2.00 bits per heavy atom. The lowest BCUT2D eigenvalue weighted by Gasteiger charge is -2.10. The largest absolute Gasteiger partial charge is 0.494 e. The van der Waals surface area contributed by atoms with Crippen LogP contribution in [0, 0.1) is 0 Å². The summed E-state index contributed by atoms with van der Waals surface area (Å²) in [5.74, 6) is 0.917. The summed E-state index contributed by atoms with van der Waals surface area (Å²) in [5.41, 5.74) is 4.11. The van der Waals surface area contributed by atoms with Crippen molar-refractivity contribution in [3.05, 3.63) is 71.3 Å². The number of hydrogen-bond donors (Lipinski definition) is 0. The smallest absolute Gasteiger partial charge is 0.150 e. The molecule has 0 atom stereocenters. The molecule has 0 saturated carbocycles. The average Bonchev–Trinajstić information content (AvgIpc) is 2.63. The Morgan fingerprint density at radius 1 is 1.16 bits per heavy atom. The van der Waals surface area contributed by atoms with Crippen molar-refractivity contribution in [2.75, 3.05) is 6.61 Å². The Morgan fingerprint density at radius 3 is 2.72 bits per heavy atom. The van der Waals surface area contributed by atoms with E-state index < -0.39 is 0 Å². The van der Waals surface area contributed by atoms with Gasteiger partial charge in [0.15, 0.2) is 0 Å². The number of carbonyl (C=O) groups is 2. The van der Waals surface area contributed by atoms with E-state index in [1.54, 1.807) is 19.1 Å². The summed E-state index contributed by atoms with van der Waals surface area (Å²) in [6.07, 6.45) is 5.74. The second-order valence-electron chi connectivity index (χ2n) is 6.08. The SMILES string of the molecule is C=Cc1ccc(CCCOc2cccc(C=O)c2)cc1CCC(C)=O. The molecule has 0 unspecified atom stereocenters. The van der Waals surface area contributed by atoms with Gasteiger partial charge in [-0.15, -0.1) is 0 Å². The first-order valence-electron chi connectivity index (χ1n) is 8.54. The van der Waals surface area contributed by atoms with Gasteiger partial charge in [-0.25, -0.2) is 0 Å². The lowest BCUT2D eigenvalue weighted by molar-refractivity contribution is -0.116. The Hall–Kier alpha value is -2.68. The van der Waals surface area contributed by atoms with Gasteiger partial charge in [0, 0.05) is 12.0 Å². The normalized spacial score (nSPS) is 10.3. The zero-order chi connectivity index (χ0) is 18.1. The molecule has 0 aliphatic rings. The maximum atomic E-state index is 11.2. The van der Waals surface area contributed by atoms with Gasteiger partial charge in [-0.1, -0.05) is 43.0 Å². The number of ketones is 1. The fraction of sp³-hybridized carbons (Fsp3) is 0.273. The summed E-state index contributed by atoms with van der Waals surface area (Å²) < 4.78 is 5.70. The fourth-order valence-corrected chi connectivity index (χ4v) is 2.68. The minimum Gasteiger partial charge on any atom is -0.494 e. The van der Waals surface area contributed by atoms with Crippen molar-refractivity contribution in [2.45, 2.75) is 32.6 Å². The molecule has 0 saturated heterocycles. The van der Waals surface area contributed by atoms with Crippen LogP contribution < -0.4 is 4.74 Å². The van der Waals surface area contributed by atoms with Gasteiger partial charge in [-0.05, 0) is 55.0 Å². The number of hydrogen-bond acceptors (Lipinski definition) is 3. The molecule has 0 aliphatic carbocycles. The molecule has 0 spiro atoms. The summed E-state index contributed by atoms with van der Waals surface area (Å²) in [6.45, 7) is 6.05. The number of carbonyl (C=O) groups excluding carboxylic acids is 2. The van der Waals surface area contributed by atoms with Crippen LogP contribution >= 0.6 is 0 Å². The first-order valence-corrected chi connectivity index (χ1v) is 8.54. The van der Waals surface area contributed by atoms with Crippen LogP contribution in [0.4, 0.5) is 0 Å². The highest BCUT2D eigenvalue weighted by atomic mass is 16.5. The summed E-state index contributed by atoms with van der Waals surface area (Å²) in [6, 6.07) is 13.5. The molecule has 0 N–H and O–H groups in total. The first kappa shape index (κ1) is 18.7.